The molecule has 1 aliphatic carbocycles. The number of ether oxygens (including phenoxy) is 1. The van der Waals surface area contributed by atoms with E-state index in [-0.39, 0.29) is 5.97 Å². The highest BCUT2D eigenvalue weighted by molar-refractivity contribution is 5.88. The highest BCUT2D eigenvalue weighted by Crippen LogP contribution is 2.27. The Bertz CT molecular complexity index is 261. The lowest BCUT2D eigenvalue weighted by Gasteiger charge is -2.07. The predicted molar refractivity (Wildman–Crippen MR) is 45.3 cm³/mol. The van der Waals surface area contributed by atoms with E-state index >= 15 is 0 Å². The summed E-state index contributed by atoms with van der Waals surface area (Å²) in [4.78, 5) is 10.9. The second-order valence-electron chi connectivity index (χ2n) is 3.26. The summed E-state index contributed by atoms with van der Waals surface area (Å²) in [6.07, 6.45) is 9.36. The number of esters is 1. The Kier molecular flexibility index (Phi) is 1.98. The van der Waals surface area contributed by atoms with Crippen molar-refractivity contribution in [3.63, 3.8) is 0 Å². The number of allylic oxidation sites excluding steroid dienone is 2. The van der Waals surface area contributed by atoms with Gasteiger partial charge in [-0.15, -0.1) is 0 Å². The molecule has 0 radical (unpaired) electrons. The first-order chi connectivity index (χ1) is 5.86. The quantitative estimate of drug-likeness (QED) is 0.513. The predicted octanol–water partition coefficient (Wildman–Crippen LogP) is 2.32. The average molecular weight is 164 g/mol. The van der Waals surface area contributed by atoms with Gasteiger partial charge in [0.15, 0.2) is 0 Å². The van der Waals surface area contributed by atoms with Crippen LogP contribution in [0.3, 0.4) is 0 Å². The standard InChI is InChI=1S/C10H12O2/c11-10-7-8-5-3-1-2-4-6-9(8)12-10/h6-7H,1-5H2. The molecule has 0 amide bonds. The molecule has 1 heterocycles. The fourth-order valence-corrected chi connectivity index (χ4v) is 1.65. The molecule has 0 unspecified atom stereocenters. The van der Waals surface area contributed by atoms with Crippen LogP contribution in [0.2, 0.25) is 0 Å². The van der Waals surface area contributed by atoms with Gasteiger partial charge in [-0.25, -0.2) is 4.79 Å². The molecule has 0 atom stereocenters. The van der Waals surface area contributed by atoms with Gasteiger partial charge in [0, 0.05) is 11.6 Å². The maximum atomic E-state index is 10.9. The van der Waals surface area contributed by atoms with Gasteiger partial charge in [0.1, 0.15) is 5.76 Å². The fraction of sp³-hybridized carbons (Fsp3) is 0.500. The van der Waals surface area contributed by atoms with E-state index < -0.39 is 0 Å². The van der Waals surface area contributed by atoms with Gasteiger partial charge >= 0.3 is 5.97 Å². The molecule has 0 saturated heterocycles. The Morgan fingerprint density at radius 2 is 2.17 bits per heavy atom. The minimum atomic E-state index is -0.196. The van der Waals surface area contributed by atoms with Crippen LogP contribution < -0.4 is 0 Å². The number of carbonyl (C=O) groups excluding carboxylic acids is 1. The lowest BCUT2D eigenvalue weighted by Crippen LogP contribution is -1.93. The molecule has 1 aliphatic heterocycles. The summed E-state index contributed by atoms with van der Waals surface area (Å²) in [7, 11) is 0. The summed E-state index contributed by atoms with van der Waals surface area (Å²) >= 11 is 0. The number of carbonyl (C=O) groups is 1. The zero-order chi connectivity index (χ0) is 8.39. The number of fused-ring (bicyclic) bond motifs is 1. The van der Waals surface area contributed by atoms with Crippen LogP contribution in [-0.2, 0) is 9.53 Å². The smallest absolute Gasteiger partial charge is 0.336 e. The normalized spacial score (nSPS) is 23.2. The van der Waals surface area contributed by atoms with Crippen LogP contribution >= 0.6 is 0 Å². The first-order valence-corrected chi connectivity index (χ1v) is 4.49. The van der Waals surface area contributed by atoms with Gasteiger partial charge in [-0.1, -0.05) is 6.42 Å². The summed E-state index contributed by atoms with van der Waals surface area (Å²) in [5.41, 5.74) is 1.10. The molecule has 0 saturated carbocycles. The summed E-state index contributed by atoms with van der Waals surface area (Å²) < 4.78 is 5.03. The monoisotopic (exact) mass is 164 g/mol. The third kappa shape index (κ3) is 1.42. The molecule has 12 heavy (non-hydrogen) atoms. The fourth-order valence-electron chi connectivity index (χ4n) is 1.65. The highest BCUT2D eigenvalue weighted by atomic mass is 16.5. The van der Waals surface area contributed by atoms with Crippen LogP contribution in [0.1, 0.15) is 32.1 Å². The van der Waals surface area contributed by atoms with E-state index in [1.165, 1.54) is 19.3 Å². The maximum absolute atomic E-state index is 10.9. The van der Waals surface area contributed by atoms with E-state index in [0.717, 1.165) is 24.2 Å². The first-order valence-electron chi connectivity index (χ1n) is 4.49. The van der Waals surface area contributed by atoms with Gasteiger partial charge in [0.25, 0.3) is 0 Å². The van der Waals surface area contributed by atoms with Gasteiger partial charge in [-0.3, -0.25) is 0 Å². The van der Waals surface area contributed by atoms with Gasteiger partial charge in [0.05, 0.1) is 0 Å². The number of hydrogen-bond acceptors (Lipinski definition) is 2. The molecule has 2 heteroatoms. The van der Waals surface area contributed by atoms with Crippen LogP contribution in [0.5, 0.6) is 0 Å². The van der Waals surface area contributed by atoms with E-state index in [1.54, 1.807) is 6.08 Å². The van der Waals surface area contributed by atoms with Crippen molar-refractivity contribution in [3.8, 4) is 0 Å². The van der Waals surface area contributed by atoms with Crippen molar-refractivity contribution >= 4 is 5.97 Å². The Labute approximate surface area is 71.9 Å². The SMILES string of the molecule is O=C1C=C2CCCCCC=C2O1. The van der Waals surface area contributed by atoms with E-state index in [0.29, 0.717) is 0 Å². The Morgan fingerprint density at radius 1 is 1.25 bits per heavy atom. The second-order valence-corrected chi connectivity index (χ2v) is 3.26. The molecule has 2 nitrogen and oxygen atoms in total. The summed E-state index contributed by atoms with van der Waals surface area (Å²) in [6, 6.07) is 0. The number of hydrogen-bond donors (Lipinski definition) is 0. The van der Waals surface area contributed by atoms with Crippen molar-refractivity contribution < 1.29 is 9.53 Å². The lowest BCUT2D eigenvalue weighted by atomic mass is 10.0. The van der Waals surface area contributed by atoms with Crippen molar-refractivity contribution in [3.05, 3.63) is 23.5 Å². The van der Waals surface area contributed by atoms with Crippen LogP contribution in [0.25, 0.3) is 0 Å². The van der Waals surface area contributed by atoms with Crippen molar-refractivity contribution in [2.24, 2.45) is 0 Å². The molecule has 64 valence electrons. The molecule has 2 aliphatic rings. The van der Waals surface area contributed by atoms with Crippen LogP contribution in [-0.4, -0.2) is 5.97 Å². The topological polar surface area (TPSA) is 26.3 Å². The zero-order valence-electron chi connectivity index (χ0n) is 7.01. The van der Waals surface area contributed by atoms with Crippen molar-refractivity contribution in [2.45, 2.75) is 32.1 Å². The molecule has 0 spiro atoms. The third-order valence-electron chi connectivity index (χ3n) is 2.30. The van der Waals surface area contributed by atoms with Crippen LogP contribution in [0.15, 0.2) is 23.5 Å². The first kappa shape index (κ1) is 7.59. The Hall–Kier alpha value is -1.05. The molecule has 0 bridgehead atoms. The van der Waals surface area contributed by atoms with E-state index in [1.807, 2.05) is 6.08 Å². The molecule has 2 rings (SSSR count). The largest absolute Gasteiger partial charge is 0.423 e. The Balaban J connectivity index is 2.21. The average Bonchev–Trinajstić information content (AvgIpc) is 2.32. The van der Waals surface area contributed by atoms with Gasteiger partial charge < -0.3 is 4.74 Å². The molecular weight excluding hydrogens is 152 g/mol. The summed E-state index contributed by atoms with van der Waals surface area (Å²) in [6.45, 7) is 0. The molecule has 0 aromatic rings. The van der Waals surface area contributed by atoms with E-state index in [9.17, 15) is 4.79 Å². The van der Waals surface area contributed by atoms with E-state index in [2.05, 4.69) is 0 Å². The Morgan fingerprint density at radius 3 is 3.08 bits per heavy atom. The summed E-state index contributed by atoms with van der Waals surface area (Å²) in [5.74, 6) is 0.623. The maximum Gasteiger partial charge on any atom is 0.336 e. The zero-order valence-corrected chi connectivity index (χ0v) is 7.01. The lowest BCUT2D eigenvalue weighted by molar-refractivity contribution is -0.132. The van der Waals surface area contributed by atoms with Crippen molar-refractivity contribution in [2.75, 3.05) is 0 Å². The molecule has 0 N–H and O–H groups in total. The van der Waals surface area contributed by atoms with Gasteiger partial charge in [-0.2, -0.15) is 0 Å². The molecule has 0 aromatic heterocycles. The van der Waals surface area contributed by atoms with E-state index in [4.69, 9.17) is 4.74 Å². The third-order valence-corrected chi connectivity index (χ3v) is 2.30. The molecular formula is C10H12O2. The minimum Gasteiger partial charge on any atom is -0.423 e. The summed E-state index contributed by atoms with van der Waals surface area (Å²) in [5, 5.41) is 0. The molecule has 0 fully saturated rings. The van der Waals surface area contributed by atoms with Crippen LogP contribution in [0.4, 0.5) is 0 Å². The van der Waals surface area contributed by atoms with Gasteiger partial charge in [0.2, 0.25) is 0 Å². The minimum absolute atomic E-state index is 0.196. The number of rotatable bonds is 0. The van der Waals surface area contributed by atoms with Crippen molar-refractivity contribution in [1.29, 1.82) is 0 Å². The second kappa shape index (κ2) is 3.13. The highest BCUT2D eigenvalue weighted by Gasteiger charge is 2.19. The van der Waals surface area contributed by atoms with Crippen LogP contribution in [0, 0.1) is 0 Å². The van der Waals surface area contributed by atoms with Crippen molar-refractivity contribution in [1.82, 2.24) is 0 Å². The van der Waals surface area contributed by atoms with Gasteiger partial charge in [-0.05, 0) is 31.8 Å². The molecule has 0 aromatic carbocycles.